The molecule has 10 heteroatoms. The minimum atomic E-state index is -0.192. The molecule has 0 spiro atoms. The molecule has 372 valence electrons. The number of benzene rings is 7. The zero-order chi connectivity index (χ0) is 51.9. The molecule has 7 N–H and O–H groups in total. The molecule has 0 bridgehead atoms. The van der Waals surface area contributed by atoms with Gasteiger partial charge in [0.1, 0.15) is 17.4 Å². The van der Waals surface area contributed by atoms with E-state index < -0.39 is 0 Å². The van der Waals surface area contributed by atoms with E-state index in [1.54, 1.807) is 40.3 Å². The Balaban J connectivity index is 0.000000403. The number of hydrogen-bond acceptors (Lipinski definition) is 8. The van der Waals surface area contributed by atoms with Gasteiger partial charge in [0, 0.05) is 89.5 Å². The molecule has 0 amide bonds. The van der Waals surface area contributed by atoms with Gasteiger partial charge >= 0.3 is 0 Å². The Hall–Kier alpha value is -7.20. The van der Waals surface area contributed by atoms with E-state index in [1.807, 2.05) is 79.4 Å². The molecule has 0 saturated carbocycles. The molecule has 0 fully saturated rings. The summed E-state index contributed by atoms with van der Waals surface area (Å²) in [6, 6.07) is 45.6. The summed E-state index contributed by atoms with van der Waals surface area (Å²) in [6.07, 6.45) is 0. The van der Waals surface area contributed by atoms with Gasteiger partial charge < -0.3 is 42.0 Å². The minimum absolute atomic E-state index is 0.160. The molecule has 8 nitrogen and oxygen atoms in total. The normalized spacial score (nSPS) is 9.38. The van der Waals surface area contributed by atoms with Gasteiger partial charge in [-0.25, -0.2) is 8.78 Å². The maximum absolute atomic E-state index is 12.8. The van der Waals surface area contributed by atoms with E-state index in [9.17, 15) is 8.78 Å². The molecule has 0 unspecified atom stereocenters. The van der Waals surface area contributed by atoms with Crippen LogP contribution in [0, 0.1) is 73.9 Å². The van der Waals surface area contributed by atoms with Gasteiger partial charge in [-0.3, -0.25) is 0 Å². The van der Waals surface area contributed by atoms with Crippen molar-refractivity contribution in [2.75, 3.05) is 93.7 Å². The van der Waals surface area contributed by atoms with E-state index in [4.69, 9.17) is 4.74 Å². The van der Waals surface area contributed by atoms with Crippen molar-refractivity contribution in [1.82, 2.24) is 0 Å². The van der Waals surface area contributed by atoms with Crippen molar-refractivity contribution >= 4 is 39.8 Å². The lowest BCUT2D eigenvalue weighted by molar-refractivity contribution is 0.412. The summed E-state index contributed by atoms with van der Waals surface area (Å²) in [6.45, 7) is 18.3. The third-order valence-corrected chi connectivity index (χ3v) is 10.7. The largest absolute Gasteiger partial charge is 0.496 e. The Bertz CT molecular complexity index is 2360. The molecule has 7 aromatic carbocycles. The van der Waals surface area contributed by atoms with Crippen LogP contribution in [0.3, 0.4) is 0 Å². The lowest BCUT2D eigenvalue weighted by Gasteiger charge is -2.06. The lowest BCUT2D eigenvalue weighted by Crippen LogP contribution is -1.91. The quantitative estimate of drug-likeness (QED) is 0.0810. The number of methoxy groups -OCH3 is 1. The predicted octanol–water partition coefficient (Wildman–Crippen LogP) is 15.2. The van der Waals surface area contributed by atoms with Gasteiger partial charge in [-0.05, 0) is 168 Å². The molecule has 7 aromatic rings. The SMILES string of the molecule is CNc1ccc(C)c(C)c1.CNc1ccc(C)c(F)c1.CNc1ccc(C)c(OC)c1.CNc1ccc(C)cc1.CNc1ccc(C)cc1.CNc1ccc(C)cc1C.CNc1ccc(C)cc1F. The van der Waals surface area contributed by atoms with Crippen LogP contribution in [-0.2, 0) is 0 Å². The van der Waals surface area contributed by atoms with Crippen LogP contribution < -0.4 is 42.0 Å². The third-order valence-electron chi connectivity index (χ3n) is 10.7. The fourth-order valence-electron chi connectivity index (χ4n) is 5.98. The predicted molar refractivity (Wildman–Crippen MR) is 301 cm³/mol. The smallest absolute Gasteiger partial charge is 0.146 e. The van der Waals surface area contributed by atoms with Crippen molar-refractivity contribution in [3.8, 4) is 5.75 Å². The van der Waals surface area contributed by atoms with Crippen LogP contribution in [0.25, 0.3) is 0 Å². The highest BCUT2D eigenvalue weighted by molar-refractivity contribution is 5.52. The first-order chi connectivity index (χ1) is 32.9. The highest BCUT2D eigenvalue weighted by Crippen LogP contribution is 2.21. The number of hydrogen-bond donors (Lipinski definition) is 7. The van der Waals surface area contributed by atoms with Gasteiger partial charge in [0.25, 0.3) is 0 Å². The molecule has 0 radical (unpaired) electrons. The highest BCUT2D eigenvalue weighted by Gasteiger charge is 1.99. The van der Waals surface area contributed by atoms with Crippen LogP contribution in [0.1, 0.15) is 50.1 Å². The second-order valence-corrected chi connectivity index (χ2v) is 16.2. The molecule has 0 aromatic heterocycles. The molecule has 0 atom stereocenters. The average Bonchev–Trinajstić information content (AvgIpc) is 3.35. The summed E-state index contributed by atoms with van der Waals surface area (Å²) >= 11 is 0. The Morgan fingerprint density at radius 1 is 0.290 bits per heavy atom. The van der Waals surface area contributed by atoms with E-state index in [-0.39, 0.29) is 11.6 Å². The molecule has 0 heterocycles. The molecule has 0 aliphatic rings. The maximum Gasteiger partial charge on any atom is 0.146 e. The summed E-state index contributed by atoms with van der Waals surface area (Å²) in [7, 11) is 14.8. The van der Waals surface area contributed by atoms with Gasteiger partial charge in [0.05, 0.1) is 12.8 Å². The first-order valence-corrected chi connectivity index (χ1v) is 23.1. The van der Waals surface area contributed by atoms with Crippen LogP contribution in [-0.4, -0.2) is 56.4 Å². The molecule has 0 aliphatic carbocycles. The fraction of sp³-hybridized carbons (Fsp3) is 0.288. The zero-order valence-electron chi connectivity index (χ0n) is 44.4. The standard InChI is InChI=1S/C9H13NO.2C9H13N.2C8H10FN.2C8H11N/c1-7-4-5-8(10-2)6-9(7)11-3;1-7-4-5-9(10-3)6-8(7)2;1-7-4-5-9(10-3)8(2)6-7;1-6-3-4-7(10-2)5-8(6)9;1-6-3-4-8(10-2)7(9)5-6;2*1-7-3-5-8(9-2)6-4-7/h4-6,10H,1-3H3;2*4-6,10H,1-3H3;2*3-5,10H,1-2H3;2*3-6,9H,1-2H3. The fourth-order valence-corrected chi connectivity index (χ4v) is 5.98. The molecular weight excluding hydrogens is 861 g/mol. The Kier molecular flexibility index (Phi) is 28.9. The van der Waals surface area contributed by atoms with Gasteiger partial charge in [0.2, 0.25) is 0 Å². The summed E-state index contributed by atoms with van der Waals surface area (Å²) in [4.78, 5) is 0. The van der Waals surface area contributed by atoms with Crippen molar-refractivity contribution < 1.29 is 13.5 Å². The van der Waals surface area contributed by atoms with Crippen molar-refractivity contribution in [3.63, 3.8) is 0 Å². The van der Waals surface area contributed by atoms with Crippen LogP contribution in [0.5, 0.6) is 5.75 Å². The van der Waals surface area contributed by atoms with Gasteiger partial charge in [-0.2, -0.15) is 0 Å². The second-order valence-electron chi connectivity index (χ2n) is 16.2. The first-order valence-electron chi connectivity index (χ1n) is 23.1. The van der Waals surface area contributed by atoms with Crippen molar-refractivity contribution in [3.05, 3.63) is 201 Å². The number of anilines is 7. The minimum Gasteiger partial charge on any atom is -0.496 e. The molecule has 0 saturated heterocycles. The number of halogens is 2. The Labute approximate surface area is 414 Å². The lowest BCUT2D eigenvalue weighted by atomic mass is 10.1. The van der Waals surface area contributed by atoms with E-state index in [0.29, 0.717) is 11.3 Å². The summed E-state index contributed by atoms with van der Waals surface area (Å²) in [5.41, 5.74) is 17.9. The van der Waals surface area contributed by atoms with Crippen molar-refractivity contribution in [1.29, 1.82) is 0 Å². The number of aryl methyl sites for hydroxylation is 9. The molecular formula is C59H81F2N7O. The number of ether oxygens (including phenoxy) is 1. The van der Waals surface area contributed by atoms with E-state index in [0.717, 1.165) is 28.3 Å². The van der Waals surface area contributed by atoms with E-state index in [1.165, 1.54) is 68.3 Å². The van der Waals surface area contributed by atoms with E-state index in [2.05, 4.69) is 164 Å². The van der Waals surface area contributed by atoms with Crippen molar-refractivity contribution in [2.45, 2.75) is 62.3 Å². The average molecular weight is 942 g/mol. The summed E-state index contributed by atoms with van der Waals surface area (Å²) in [5.74, 6) is 0.575. The highest BCUT2D eigenvalue weighted by atomic mass is 19.1. The van der Waals surface area contributed by atoms with Gasteiger partial charge in [0.15, 0.2) is 0 Å². The van der Waals surface area contributed by atoms with Gasteiger partial charge in [-0.15, -0.1) is 0 Å². The first kappa shape index (κ1) is 59.8. The Morgan fingerprint density at radius 3 is 1.06 bits per heavy atom. The van der Waals surface area contributed by atoms with Crippen LogP contribution >= 0.6 is 0 Å². The monoisotopic (exact) mass is 942 g/mol. The summed E-state index contributed by atoms with van der Waals surface area (Å²) in [5, 5.41) is 21.0. The van der Waals surface area contributed by atoms with Crippen LogP contribution in [0.2, 0.25) is 0 Å². The molecule has 0 aliphatic heterocycles. The molecule has 7 rings (SSSR count). The van der Waals surface area contributed by atoms with Crippen LogP contribution in [0.15, 0.2) is 140 Å². The Morgan fingerprint density at radius 2 is 0.667 bits per heavy atom. The van der Waals surface area contributed by atoms with E-state index >= 15 is 0 Å². The van der Waals surface area contributed by atoms with Crippen molar-refractivity contribution in [2.24, 2.45) is 0 Å². The topological polar surface area (TPSA) is 93.4 Å². The molecule has 69 heavy (non-hydrogen) atoms. The summed E-state index contributed by atoms with van der Waals surface area (Å²) < 4.78 is 30.7. The second kappa shape index (κ2) is 33.3. The zero-order valence-corrected chi connectivity index (χ0v) is 44.4. The number of rotatable bonds is 8. The maximum atomic E-state index is 12.8. The number of nitrogens with one attached hydrogen (secondary N) is 7. The van der Waals surface area contributed by atoms with Gasteiger partial charge in [-0.1, -0.05) is 77.4 Å². The van der Waals surface area contributed by atoms with Crippen LogP contribution in [0.4, 0.5) is 48.6 Å². The third kappa shape index (κ3) is 23.9.